The fourth-order valence-electron chi connectivity index (χ4n) is 1.51. The first kappa shape index (κ1) is 9.61. The highest BCUT2D eigenvalue weighted by Gasteiger charge is 2.38. The third-order valence-corrected chi connectivity index (χ3v) is 2.67. The van der Waals surface area contributed by atoms with Crippen molar-refractivity contribution >= 4 is 0 Å². The molecule has 1 saturated carbocycles. The van der Waals surface area contributed by atoms with Crippen LogP contribution in [0.3, 0.4) is 0 Å². The van der Waals surface area contributed by atoms with E-state index in [1.807, 2.05) is 0 Å². The summed E-state index contributed by atoms with van der Waals surface area (Å²) in [7, 11) is 1.58. The number of methoxy groups -OCH3 is 1. The van der Waals surface area contributed by atoms with E-state index in [9.17, 15) is 0 Å². The molecule has 2 rings (SSSR count). The number of hydrogen-bond donors (Lipinski definition) is 1. The summed E-state index contributed by atoms with van der Waals surface area (Å²) in [6, 6.07) is 0. The second kappa shape index (κ2) is 3.67. The maximum absolute atomic E-state index is 5.49. The van der Waals surface area contributed by atoms with Gasteiger partial charge in [-0.25, -0.2) is 0 Å². The topological polar surface area (TPSA) is 74.2 Å². The summed E-state index contributed by atoms with van der Waals surface area (Å²) < 4.78 is 10.2. The molecule has 3 unspecified atom stereocenters. The monoisotopic (exact) mass is 197 g/mol. The number of rotatable bonds is 4. The van der Waals surface area contributed by atoms with Gasteiger partial charge in [0.15, 0.2) is 5.82 Å². The predicted octanol–water partition coefficient (Wildman–Crippen LogP) is 0.839. The van der Waals surface area contributed by atoms with Gasteiger partial charge in [-0.15, -0.1) is 0 Å². The maximum Gasteiger partial charge on any atom is 0.257 e. The normalized spacial score (nSPS) is 27.6. The van der Waals surface area contributed by atoms with E-state index in [1.54, 1.807) is 7.11 Å². The Bertz CT molecular complexity index is 309. The first-order valence-corrected chi connectivity index (χ1v) is 4.82. The number of nitrogens with zero attached hydrogens (tertiary/aromatic N) is 2. The van der Waals surface area contributed by atoms with Crippen LogP contribution in [0.25, 0.3) is 0 Å². The van der Waals surface area contributed by atoms with E-state index in [-0.39, 0.29) is 6.10 Å². The lowest BCUT2D eigenvalue weighted by Crippen LogP contribution is -2.14. The lowest BCUT2D eigenvalue weighted by atomic mass is 10.3. The lowest BCUT2D eigenvalue weighted by Gasteiger charge is -2.05. The molecule has 0 spiro atoms. The third kappa shape index (κ3) is 1.65. The molecule has 1 aromatic heterocycles. The zero-order valence-electron chi connectivity index (χ0n) is 8.43. The molecule has 5 nitrogen and oxygen atoms in total. The third-order valence-electron chi connectivity index (χ3n) is 2.67. The van der Waals surface area contributed by atoms with Crippen LogP contribution in [0.15, 0.2) is 4.52 Å². The second-order valence-electron chi connectivity index (χ2n) is 3.77. The van der Waals surface area contributed by atoms with Crippen LogP contribution < -0.4 is 5.73 Å². The smallest absolute Gasteiger partial charge is 0.257 e. The quantitative estimate of drug-likeness (QED) is 0.774. The summed E-state index contributed by atoms with van der Waals surface area (Å²) in [5, 5.41) is 3.92. The van der Waals surface area contributed by atoms with E-state index in [4.69, 9.17) is 15.0 Å². The lowest BCUT2D eigenvalue weighted by molar-refractivity contribution is 0.0804. The number of nitrogens with two attached hydrogens (primary N) is 1. The Balaban J connectivity index is 2.09. The standard InChI is InChI=1S/C9H15N3O2/c1-5-3-6(5)8-11-9(14-12-8)7(4-10)13-2/h5-7H,3-4,10H2,1-2H3. The highest BCUT2D eigenvalue weighted by atomic mass is 16.5. The van der Waals surface area contributed by atoms with Crippen molar-refractivity contribution in [1.82, 2.24) is 10.1 Å². The van der Waals surface area contributed by atoms with Crippen molar-refractivity contribution in [3.05, 3.63) is 11.7 Å². The largest absolute Gasteiger partial charge is 0.370 e. The minimum absolute atomic E-state index is 0.273. The highest BCUT2D eigenvalue weighted by molar-refractivity contribution is 5.08. The van der Waals surface area contributed by atoms with Crippen molar-refractivity contribution < 1.29 is 9.26 Å². The van der Waals surface area contributed by atoms with Crippen LogP contribution in [-0.2, 0) is 4.74 Å². The molecule has 0 radical (unpaired) electrons. The summed E-state index contributed by atoms with van der Waals surface area (Å²) >= 11 is 0. The molecule has 0 saturated heterocycles. The maximum atomic E-state index is 5.49. The fraction of sp³-hybridized carbons (Fsp3) is 0.778. The van der Waals surface area contributed by atoms with Gasteiger partial charge in [-0.2, -0.15) is 4.98 Å². The fourth-order valence-corrected chi connectivity index (χ4v) is 1.51. The average Bonchev–Trinajstić information content (AvgIpc) is 2.74. The molecule has 78 valence electrons. The van der Waals surface area contributed by atoms with Crippen molar-refractivity contribution in [3.63, 3.8) is 0 Å². The molecule has 1 aliphatic carbocycles. The summed E-state index contributed by atoms with van der Waals surface area (Å²) in [4.78, 5) is 4.28. The van der Waals surface area contributed by atoms with Gasteiger partial charge in [-0.3, -0.25) is 0 Å². The molecule has 14 heavy (non-hydrogen) atoms. The van der Waals surface area contributed by atoms with Gasteiger partial charge in [0.25, 0.3) is 5.89 Å². The molecule has 2 N–H and O–H groups in total. The second-order valence-corrected chi connectivity index (χ2v) is 3.77. The molecule has 1 aromatic rings. The van der Waals surface area contributed by atoms with Crippen molar-refractivity contribution in [2.75, 3.05) is 13.7 Å². The van der Waals surface area contributed by atoms with Crippen molar-refractivity contribution in [3.8, 4) is 0 Å². The molecule has 0 bridgehead atoms. The number of ether oxygens (including phenoxy) is 1. The van der Waals surface area contributed by atoms with E-state index in [2.05, 4.69) is 17.1 Å². The first-order chi connectivity index (χ1) is 6.76. The Morgan fingerprint density at radius 2 is 2.43 bits per heavy atom. The predicted molar refractivity (Wildman–Crippen MR) is 49.6 cm³/mol. The van der Waals surface area contributed by atoms with Crippen molar-refractivity contribution in [2.45, 2.75) is 25.4 Å². The Morgan fingerprint density at radius 1 is 1.71 bits per heavy atom. The summed E-state index contributed by atoms with van der Waals surface area (Å²) in [5.41, 5.74) is 5.49. The van der Waals surface area contributed by atoms with Gasteiger partial charge < -0.3 is 15.0 Å². The van der Waals surface area contributed by atoms with E-state index in [1.165, 1.54) is 0 Å². The zero-order valence-corrected chi connectivity index (χ0v) is 8.43. The molecule has 0 amide bonds. The van der Waals surface area contributed by atoms with Crippen LogP contribution in [0.5, 0.6) is 0 Å². The van der Waals surface area contributed by atoms with Gasteiger partial charge >= 0.3 is 0 Å². The van der Waals surface area contributed by atoms with Crippen LogP contribution in [0.1, 0.15) is 37.1 Å². The minimum atomic E-state index is -0.273. The summed E-state index contributed by atoms with van der Waals surface area (Å²) in [6.07, 6.45) is 0.879. The molecule has 1 aliphatic rings. The average molecular weight is 197 g/mol. The Labute approximate surface area is 82.6 Å². The Morgan fingerprint density at radius 3 is 2.93 bits per heavy atom. The van der Waals surface area contributed by atoms with E-state index >= 15 is 0 Å². The highest BCUT2D eigenvalue weighted by Crippen LogP contribution is 2.45. The van der Waals surface area contributed by atoms with Gasteiger partial charge in [0.1, 0.15) is 6.10 Å². The molecule has 5 heteroatoms. The first-order valence-electron chi connectivity index (χ1n) is 4.82. The van der Waals surface area contributed by atoms with E-state index in [0.29, 0.717) is 24.3 Å². The molecular weight excluding hydrogens is 182 g/mol. The number of hydrogen-bond acceptors (Lipinski definition) is 5. The van der Waals surface area contributed by atoms with Gasteiger partial charge in [0.2, 0.25) is 0 Å². The molecular formula is C9H15N3O2. The van der Waals surface area contributed by atoms with Crippen LogP contribution in [-0.4, -0.2) is 23.8 Å². The van der Waals surface area contributed by atoms with Crippen molar-refractivity contribution in [2.24, 2.45) is 11.7 Å². The van der Waals surface area contributed by atoms with Gasteiger partial charge in [0, 0.05) is 19.6 Å². The van der Waals surface area contributed by atoms with Crippen LogP contribution in [0.2, 0.25) is 0 Å². The van der Waals surface area contributed by atoms with E-state index in [0.717, 1.165) is 12.2 Å². The van der Waals surface area contributed by atoms with Crippen molar-refractivity contribution in [1.29, 1.82) is 0 Å². The molecule has 1 fully saturated rings. The van der Waals surface area contributed by atoms with Gasteiger partial charge in [-0.05, 0) is 12.3 Å². The van der Waals surface area contributed by atoms with E-state index < -0.39 is 0 Å². The van der Waals surface area contributed by atoms with Crippen LogP contribution in [0.4, 0.5) is 0 Å². The van der Waals surface area contributed by atoms with Gasteiger partial charge in [-0.1, -0.05) is 12.1 Å². The van der Waals surface area contributed by atoms with Gasteiger partial charge in [0.05, 0.1) is 0 Å². The summed E-state index contributed by atoms with van der Waals surface area (Å²) in [5.74, 6) is 2.44. The van der Waals surface area contributed by atoms with Crippen LogP contribution >= 0.6 is 0 Å². The van der Waals surface area contributed by atoms with Crippen LogP contribution in [0, 0.1) is 5.92 Å². The Kier molecular flexibility index (Phi) is 2.52. The molecule has 0 aromatic carbocycles. The zero-order chi connectivity index (χ0) is 10.1. The minimum Gasteiger partial charge on any atom is -0.370 e. The SMILES string of the molecule is COC(CN)c1nc(C2CC2C)no1. The molecule has 0 aliphatic heterocycles. The molecule has 3 atom stereocenters. The molecule has 1 heterocycles. The summed E-state index contributed by atoms with van der Waals surface area (Å²) in [6.45, 7) is 2.54. The number of aromatic nitrogens is 2. The Hall–Kier alpha value is -0.940.